The van der Waals surface area contributed by atoms with E-state index >= 15 is 0 Å². The van der Waals surface area contributed by atoms with Crippen LogP contribution in [0.5, 0.6) is 5.75 Å². The van der Waals surface area contributed by atoms with Gasteiger partial charge in [-0.15, -0.1) is 0 Å². The van der Waals surface area contributed by atoms with E-state index in [-0.39, 0.29) is 17.6 Å². The first-order valence-electron chi connectivity index (χ1n) is 7.09. The summed E-state index contributed by atoms with van der Waals surface area (Å²) >= 11 is 0. The lowest BCUT2D eigenvalue weighted by molar-refractivity contribution is 0.0695. The highest BCUT2D eigenvalue weighted by Gasteiger charge is 2.33. The van der Waals surface area contributed by atoms with Gasteiger partial charge in [0.1, 0.15) is 0 Å². The highest BCUT2D eigenvalue weighted by atomic mass is 16.3. The highest BCUT2D eigenvalue weighted by molar-refractivity contribution is 5.95. The predicted molar refractivity (Wildman–Crippen MR) is 81.0 cm³/mol. The number of fused-ring (bicyclic) bond motifs is 1. The Kier molecular flexibility index (Phi) is 3.44. The molecule has 0 saturated carbocycles. The Morgan fingerprint density at radius 1 is 1.32 bits per heavy atom. The van der Waals surface area contributed by atoms with Crippen LogP contribution in [0.4, 0.5) is 0 Å². The number of nitrogens with zero attached hydrogens (tertiary/aromatic N) is 3. The van der Waals surface area contributed by atoms with Gasteiger partial charge < -0.3 is 10.0 Å². The van der Waals surface area contributed by atoms with E-state index in [0.717, 1.165) is 17.3 Å². The minimum atomic E-state index is -0.635. The molecule has 0 fully saturated rings. The van der Waals surface area contributed by atoms with Crippen LogP contribution in [-0.4, -0.2) is 39.3 Å². The molecule has 0 radical (unpaired) electrons. The Balaban J connectivity index is 2.07. The van der Waals surface area contributed by atoms with Crippen molar-refractivity contribution in [2.45, 2.75) is 19.4 Å². The summed E-state index contributed by atoms with van der Waals surface area (Å²) in [5.41, 5.74) is 1.65. The molecule has 2 heterocycles. The number of likely N-dealkylation sites (N-methyl/N-ethyl adjacent to an activating group) is 1. The molecule has 1 aliphatic heterocycles. The topological polar surface area (TPSA) is 75.4 Å². The molecule has 1 atom stereocenters. The number of hydrogen-bond donors (Lipinski definition) is 1. The zero-order valence-corrected chi connectivity index (χ0v) is 12.5. The maximum absolute atomic E-state index is 12.2. The van der Waals surface area contributed by atoms with Crippen LogP contribution in [0.1, 0.15) is 27.7 Å². The van der Waals surface area contributed by atoms with Crippen molar-refractivity contribution in [3.63, 3.8) is 0 Å². The SMILES string of the molecule is Cc1ccccc1CC1CN(C)C(=O)c2c(O)c(=O)cnn21. The summed E-state index contributed by atoms with van der Waals surface area (Å²) in [6.45, 7) is 2.51. The van der Waals surface area contributed by atoms with Crippen molar-refractivity contribution in [3.8, 4) is 5.75 Å². The number of amides is 1. The van der Waals surface area contributed by atoms with Crippen molar-refractivity contribution in [3.05, 3.63) is 57.5 Å². The number of aryl methyl sites for hydroxylation is 1. The summed E-state index contributed by atoms with van der Waals surface area (Å²) < 4.78 is 1.48. The average molecular weight is 299 g/mol. The largest absolute Gasteiger partial charge is 0.502 e. The fourth-order valence-electron chi connectivity index (χ4n) is 2.84. The molecule has 0 aliphatic carbocycles. The first-order chi connectivity index (χ1) is 10.5. The predicted octanol–water partition coefficient (Wildman–Crippen LogP) is 1.13. The molecular formula is C16H17N3O3. The quantitative estimate of drug-likeness (QED) is 0.902. The third-order valence-corrected chi connectivity index (χ3v) is 4.08. The smallest absolute Gasteiger partial charge is 0.275 e. The molecule has 1 aromatic heterocycles. The van der Waals surface area contributed by atoms with E-state index in [1.165, 1.54) is 9.58 Å². The van der Waals surface area contributed by atoms with Gasteiger partial charge in [0.15, 0.2) is 11.4 Å². The van der Waals surface area contributed by atoms with E-state index in [0.29, 0.717) is 13.0 Å². The Bertz CT molecular complexity index is 797. The fourth-order valence-corrected chi connectivity index (χ4v) is 2.84. The van der Waals surface area contributed by atoms with Crippen LogP contribution in [0.3, 0.4) is 0 Å². The number of aromatic nitrogens is 2. The van der Waals surface area contributed by atoms with Gasteiger partial charge in [0, 0.05) is 13.6 Å². The molecule has 0 bridgehead atoms. The number of carbonyl (C=O) groups excluding carboxylic acids is 1. The van der Waals surface area contributed by atoms with Crippen molar-refractivity contribution in [2.24, 2.45) is 0 Å². The minimum Gasteiger partial charge on any atom is -0.502 e. The van der Waals surface area contributed by atoms with Crippen molar-refractivity contribution < 1.29 is 9.90 Å². The lowest BCUT2D eigenvalue weighted by Gasteiger charge is -2.33. The molecule has 0 spiro atoms. The van der Waals surface area contributed by atoms with Crippen LogP contribution in [0.2, 0.25) is 0 Å². The molecule has 1 aromatic carbocycles. The minimum absolute atomic E-state index is 0.0279. The summed E-state index contributed by atoms with van der Waals surface area (Å²) in [6.07, 6.45) is 1.73. The molecule has 3 rings (SSSR count). The lowest BCUT2D eigenvalue weighted by Crippen LogP contribution is -2.43. The zero-order chi connectivity index (χ0) is 15.9. The van der Waals surface area contributed by atoms with Crippen molar-refractivity contribution in [1.29, 1.82) is 0 Å². The summed E-state index contributed by atoms with van der Waals surface area (Å²) in [5.74, 6) is -0.912. The van der Waals surface area contributed by atoms with E-state index in [4.69, 9.17) is 0 Å². The van der Waals surface area contributed by atoms with Crippen LogP contribution >= 0.6 is 0 Å². The number of rotatable bonds is 2. The second kappa shape index (κ2) is 5.29. The standard InChI is InChI=1S/C16H17N3O3/c1-10-5-3-4-6-11(10)7-12-9-18(2)16(22)14-15(21)13(20)8-17-19(12)14/h3-6,8,12,21H,7,9H2,1-2H3. The van der Waals surface area contributed by atoms with Gasteiger partial charge in [0.05, 0.1) is 12.2 Å². The number of carbonyl (C=O) groups is 1. The van der Waals surface area contributed by atoms with Crippen LogP contribution in [0, 0.1) is 6.92 Å². The zero-order valence-electron chi connectivity index (χ0n) is 12.5. The highest BCUT2D eigenvalue weighted by Crippen LogP contribution is 2.26. The normalized spacial score (nSPS) is 17.5. The van der Waals surface area contributed by atoms with E-state index < -0.39 is 11.2 Å². The maximum Gasteiger partial charge on any atom is 0.275 e. The third-order valence-electron chi connectivity index (χ3n) is 4.08. The Labute approximate surface area is 127 Å². The van der Waals surface area contributed by atoms with Crippen LogP contribution < -0.4 is 5.43 Å². The molecule has 1 aliphatic rings. The Hall–Kier alpha value is -2.63. The van der Waals surface area contributed by atoms with Crippen molar-refractivity contribution in [2.75, 3.05) is 13.6 Å². The van der Waals surface area contributed by atoms with Gasteiger partial charge in [0.25, 0.3) is 5.91 Å². The van der Waals surface area contributed by atoms with Crippen LogP contribution in [0.25, 0.3) is 0 Å². The molecule has 1 unspecified atom stereocenters. The van der Waals surface area contributed by atoms with Gasteiger partial charge in [0.2, 0.25) is 5.43 Å². The molecular weight excluding hydrogens is 282 g/mol. The van der Waals surface area contributed by atoms with Crippen LogP contribution in [0.15, 0.2) is 35.3 Å². The van der Waals surface area contributed by atoms with Gasteiger partial charge in [-0.2, -0.15) is 5.10 Å². The van der Waals surface area contributed by atoms with Gasteiger partial charge in [-0.1, -0.05) is 24.3 Å². The Morgan fingerprint density at radius 2 is 2.05 bits per heavy atom. The summed E-state index contributed by atoms with van der Waals surface area (Å²) in [4.78, 5) is 25.3. The lowest BCUT2D eigenvalue weighted by atomic mass is 9.99. The fraction of sp³-hybridized carbons (Fsp3) is 0.312. The summed E-state index contributed by atoms with van der Waals surface area (Å²) in [7, 11) is 1.66. The summed E-state index contributed by atoms with van der Waals surface area (Å²) in [6, 6.07) is 7.89. The maximum atomic E-state index is 12.2. The van der Waals surface area contributed by atoms with E-state index in [1.54, 1.807) is 7.05 Å². The molecule has 6 heteroatoms. The second-order valence-corrected chi connectivity index (χ2v) is 5.62. The van der Waals surface area contributed by atoms with E-state index in [2.05, 4.69) is 5.10 Å². The van der Waals surface area contributed by atoms with E-state index in [1.807, 2.05) is 31.2 Å². The van der Waals surface area contributed by atoms with Crippen LogP contribution in [-0.2, 0) is 6.42 Å². The molecule has 1 N–H and O–H groups in total. The number of aromatic hydroxyl groups is 1. The number of benzene rings is 1. The van der Waals surface area contributed by atoms with Gasteiger partial charge in [-0.25, -0.2) is 0 Å². The summed E-state index contributed by atoms with van der Waals surface area (Å²) in [5, 5.41) is 14.0. The molecule has 114 valence electrons. The first-order valence-corrected chi connectivity index (χ1v) is 7.09. The average Bonchev–Trinajstić information content (AvgIpc) is 2.49. The molecule has 0 saturated heterocycles. The monoisotopic (exact) mass is 299 g/mol. The van der Waals surface area contributed by atoms with Gasteiger partial charge in [-0.05, 0) is 24.5 Å². The molecule has 22 heavy (non-hydrogen) atoms. The van der Waals surface area contributed by atoms with Gasteiger partial charge in [-0.3, -0.25) is 14.3 Å². The Morgan fingerprint density at radius 3 is 2.77 bits per heavy atom. The number of hydrogen-bond acceptors (Lipinski definition) is 4. The molecule has 1 amide bonds. The first kappa shape index (κ1) is 14.3. The second-order valence-electron chi connectivity index (χ2n) is 5.62. The molecule has 2 aromatic rings. The molecule has 6 nitrogen and oxygen atoms in total. The van der Waals surface area contributed by atoms with Crippen molar-refractivity contribution in [1.82, 2.24) is 14.7 Å². The van der Waals surface area contributed by atoms with E-state index in [9.17, 15) is 14.7 Å². The van der Waals surface area contributed by atoms with Crippen molar-refractivity contribution >= 4 is 5.91 Å². The van der Waals surface area contributed by atoms with Gasteiger partial charge >= 0.3 is 0 Å². The third kappa shape index (κ3) is 2.26.